The molecule has 4 atom stereocenters. The van der Waals surface area contributed by atoms with Crippen LogP contribution in [0.2, 0.25) is 0 Å². The van der Waals surface area contributed by atoms with Crippen molar-refractivity contribution in [1.82, 2.24) is 10.2 Å². The Bertz CT molecular complexity index is 1170. The lowest BCUT2D eigenvalue weighted by molar-refractivity contribution is -0.278. The van der Waals surface area contributed by atoms with Crippen molar-refractivity contribution in [3.63, 3.8) is 0 Å². The van der Waals surface area contributed by atoms with Crippen LogP contribution in [-0.4, -0.2) is 71.7 Å². The topological polar surface area (TPSA) is 127 Å². The second-order valence-electron chi connectivity index (χ2n) is 11.5. The summed E-state index contributed by atoms with van der Waals surface area (Å²) in [5.74, 6) is -1.39. The molecule has 10 heteroatoms. The average molecular weight is 583 g/mol. The van der Waals surface area contributed by atoms with Crippen LogP contribution in [0.15, 0.2) is 48.5 Å². The number of carbonyl (C=O) groups is 2. The van der Waals surface area contributed by atoms with E-state index in [1.54, 1.807) is 0 Å². The molecule has 5 rings (SSSR count). The maximum absolute atomic E-state index is 12.1. The van der Waals surface area contributed by atoms with Gasteiger partial charge in [-0.15, -0.1) is 0 Å². The molecule has 3 fully saturated rings. The number of rotatable bonds is 11. The van der Waals surface area contributed by atoms with Crippen molar-refractivity contribution in [2.45, 2.75) is 76.5 Å². The number of piperidine rings is 1. The molecule has 2 aromatic rings. The van der Waals surface area contributed by atoms with Gasteiger partial charge in [-0.1, -0.05) is 55.5 Å². The lowest BCUT2D eigenvalue weighted by atomic mass is 9.89. The van der Waals surface area contributed by atoms with Gasteiger partial charge in [-0.25, -0.2) is 0 Å². The van der Waals surface area contributed by atoms with Crippen LogP contribution in [0.1, 0.15) is 73.7 Å². The third-order valence-corrected chi connectivity index (χ3v) is 8.53. The van der Waals surface area contributed by atoms with Crippen molar-refractivity contribution in [2.24, 2.45) is 5.92 Å². The number of aliphatic carboxylic acids is 1. The molecule has 3 heterocycles. The summed E-state index contributed by atoms with van der Waals surface area (Å²) in [5.41, 5.74) is 3.73. The number of nitrogens with one attached hydrogen (secondary N) is 1. The van der Waals surface area contributed by atoms with Gasteiger partial charge < -0.3 is 39.4 Å². The smallest absolute Gasteiger partial charge is 0.303 e. The van der Waals surface area contributed by atoms with Crippen molar-refractivity contribution in [3.8, 4) is 0 Å². The number of benzene rings is 2. The zero-order chi connectivity index (χ0) is 29.5. The standard InChI is InChI=1S/C32H42N2O8/c1-22-27(20-34-15-13-32(14-16-34)39-17-18-40-32)41-31(42-30(22)25-9-7-24(21-35)8-10-25)26-11-5-23(6-12-26)19-33-28(36)3-2-4-29(37)38/h5-12,22,27,30-31,35H,2-4,13-21H2,1H3,(H,33,36)(H,37,38)/t22-,27+,30+,31+/m0/s1. The van der Waals surface area contributed by atoms with Gasteiger partial charge in [-0.05, 0) is 23.1 Å². The summed E-state index contributed by atoms with van der Waals surface area (Å²) < 4.78 is 25.0. The van der Waals surface area contributed by atoms with E-state index in [4.69, 9.17) is 24.1 Å². The van der Waals surface area contributed by atoms with Gasteiger partial charge in [0, 0.05) is 63.3 Å². The second kappa shape index (κ2) is 14.1. The first-order valence-electron chi connectivity index (χ1n) is 14.9. The minimum Gasteiger partial charge on any atom is -0.481 e. The number of carboxylic acids is 1. The van der Waals surface area contributed by atoms with Crippen molar-refractivity contribution in [2.75, 3.05) is 32.8 Å². The molecule has 3 saturated heterocycles. The molecule has 3 aliphatic rings. The highest BCUT2D eigenvalue weighted by molar-refractivity contribution is 5.76. The summed E-state index contributed by atoms with van der Waals surface area (Å²) in [6.45, 7) is 6.38. The summed E-state index contributed by atoms with van der Waals surface area (Å²) in [6, 6.07) is 15.7. The first-order valence-corrected chi connectivity index (χ1v) is 14.9. The van der Waals surface area contributed by atoms with E-state index in [1.165, 1.54) is 0 Å². The summed E-state index contributed by atoms with van der Waals surface area (Å²) in [7, 11) is 0. The largest absolute Gasteiger partial charge is 0.481 e. The second-order valence-corrected chi connectivity index (χ2v) is 11.5. The third kappa shape index (κ3) is 7.75. The molecule has 1 spiro atoms. The molecule has 0 saturated carbocycles. The van der Waals surface area contributed by atoms with Crippen LogP contribution in [0.25, 0.3) is 0 Å². The van der Waals surface area contributed by atoms with Crippen LogP contribution >= 0.6 is 0 Å². The fourth-order valence-corrected chi connectivity index (χ4v) is 5.93. The Morgan fingerprint density at radius 2 is 1.57 bits per heavy atom. The normalized spacial score (nSPS) is 25.9. The van der Waals surface area contributed by atoms with Crippen LogP contribution in [0, 0.1) is 5.92 Å². The number of aliphatic hydroxyl groups excluding tert-OH is 1. The fraction of sp³-hybridized carbons (Fsp3) is 0.562. The molecular formula is C32H42N2O8. The van der Waals surface area contributed by atoms with Crippen LogP contribution in [0.5, 0.6) is 0 Å². The molecule has 0 bridgehead atoms. The van der Waals surface area contributed by atoms with Crippen LogP contribution in [-0.2, 0) is 41.7 Å². The first kappa shape index (κ1) is 30.6. The highest BCUT2D eigenvalue weighted by Gasteiger charge is 2.43. The number of nitrogens with zero attached hydrogens (tertiary/aromatic N) is 1. The number of carboxylic acid groups (broad SMARTS) is 1. The van der Waals surface area contributed by atoms with E-state index < -0.39 is 18.0 Å². The minimum absolute atomic E-state index is 0.00522. The van der Waals surface area contributed by atoms with Crippen LogP contribution in [0.3, 0.4) is 0 Å². The van der Waals surface area contributed by atoms with E-state index >= 15 is 0 Å². The number of aliphatic hydroxyl groups is 1. The predicted molar refractivity (Wildman–Crippen MR) is 153 cm³/mol. The molecule has 10 nitrogen and oxygen atoms in total. The van der Waals surface area contributed by atoms with Crippen molar-refractivity contribution >= 4 is 11.9 Å². The molecule has 2 aromatic carbocycles. The quantitative estimate of drug-likeness (QED) is 0.364. The molecule has 3 aliphatic heterocycles. The van der Waals surface area contributed by atoms with E-state index in [-0.39, 0.29) is 43.5 Å². The highest BCUT2D eigenvalue weighted by Crippen LogP contribution is 2.42. The fourth-order valence-electron chi connectivity index (χ4n) is 5.93. The Morgan fingerprint density at radius 3 is 2.21 bits per heavy atom. The molecular weight excluding hydrogens is 540 g/mol. The van der Waals surface area contributed by atoms with Gasteiger partial charge in [0.2, 0.25) is 5.91 Å². The molecule has 0 aromatic heterocycles. The predicted octanol–water partition coefficient (Wildman–Crippen LogP) is 3.68. The molecule has 3 N–H and O–H groups in total. The Labute approximate surface area is 246 Å². The molecule has 228 valence electrons. The Hall–Kier alpha value is -2.86. The number of likely N-dealkylation sites (tertiary alicyclic amines) is 1. The monoisotopic (exact) mass is 582 g/mol. The van der Waals surface area contributed by atoms with E-state index in [1.807, 2.05) is 48.5 Å². The van der Waals surface area contributed by atoms with Gasteiger partial charge in [0.15, 0.2) is 12.1 Å². The number of hydrogen-bond acceptors (Lipinski definition) is 8. The summed E-state index contributed by atoms with van der Waals surface area (Å²) >= 11 is 0. The van der Waals surface area contributed by atoms with Gasteiger partial charge in [-0.3, -0.25) is 9.59 Å². The number of hydrogen-bond donors (Lipinski definition) is 3. The summed E-state index contributed by atoms with van der Waals surface area (Å²) in [4.78, 5) is 25.1. The SMILES string of the molecule is C[C@H]1[C@@H](CN2CCC3(CC2)OCCO3)O[C@@H](c2ccc(CNC(=O)CCCC(=O)O)cc2)O[C@H]1c1ccc(CO)cc1. The lowest BCUT2D eigenvalue weighted by Gasteiger charge is -2.44. The van der Waals surface area contributed by atoms with E-state index in [9.17, 15) is 14.7 Å². The van der Waals surface area contributed by atoms with E-state index in [2.05, 4.69) is 17.1 Å². The number of amides is 1. The van der Waals surface area contributed by atoms with Gasteiger partial charge in [0.05, 0.1) is 32.0 Å². The number of ether oxygens (including phenoxy) is 4. The van der Waals surface area contributed by atoms with E-state index in [0.29, 0.717) is 26.2 Å². The van der Waals surface area contributed by atoms with Crippen LogP contribution < -0.4 is 5.32 Å². The number of carbonyl (C=O) groups excluding carboxylic acids is 1. The zero-order valence-electron chi connectivity index (χ0n) is 24.2. The van der Waals surface area contributed by atoms with Crippen molar-refractivity contribution in [1.29, 1.82) is 0 Å². The molecule has 0 unspecified atom stereocenters. The van der Waals surface area contributed by atoms with Gasteiger partial charge in [-0.2, -0.15) is 0 Å². The first-order chi connectivity index (χ1) is 20.3. The maximum atomic E-state index is 12.1. The highest BCUT2D eigenvalue weighted by atomic mass is 16.7. The van der Waals surface area contributed by atoms with Crippen molar-refractivity contribution in [3.05, 3.63) is 70.8 Å². The third-order valence-electron chi connectivity index (χ3n) is 8.53. The summed E-state index contributed by atoms with van der Waals surface area (Å²) in [5, 5.41) is 21.1. The molecule has 0 aliphatic carbocycles. The van der Waals surface area contributed by atoms with Gasteiger partial charge >= 0.3 is 5.97 Å². The van der Waals surface area contributed by atoms with Gasteiger partial charge in [0.25, 0.3) is 0 Å². The van der Waals surface area contributed by atoms with Crippen LogP contribution in [0.4, 0.5) is 0 Å². The molecule has 0 radical (unpaired) electrons. The lowest BCUT2D eigenvalue weighted by Crippen LogP contribution is -2.50. The molecule has 1 amide bonds. The molecule has 42 heavy (non-hydrogen) atoms. The maximum Gasteiger partial charge on any atom is 0.303 e. The van der Waals surface area contributed by atoms with Crippen molar-refractivity contribution < 1.29 is 38.7 Å². The minimum atomic E-state index is -0.899. The summed E-state index contributed by atoms with van der Waals surface area (Å²) in [6.07, 6.45) is 1.35. The van der Waals surface area contributed by atoms with Gasteiger partial charge in [0.1, 0.15) is 0 Å². The zero-order valence-corrected chi connectivity index (χ0v) is 24.2. The Balaban J connectivity index is 1.25. The Morgan fingerprint density at radius 1 is 0.929 bits per heavy atom. The van der Waals surface area contributed by atoms with E-state index in [0.717, 1.165) is 54.7 Å². The Kier molecular flexibility index (Phi) is 10.3. The average Bonchev–Trinajstić information content (AvgIpc) is 3.46.